The maximum atomic E-state index is 7.77. The lowest BCUT2D eigenvalue weighted by Crippen LogP contribution is -2.60. The summed E-state index contributed by atoms with van der Waals surface area (Å²) in [4.78, 5) is 0. The average Bonchev–Trinajstić information content (AvgIpc) is 3.01. The molecule has 0 spiro atoms. The molecule has 0 amide bonds. The molecule has 0 unspecified atom stereocenters. The molecule has 1 heterocycles. The van der Waals surface area contributed by atoms with Crippen molar-refractivity contribution < 1.29 is 28.4 Å². The molecule has 1 aliphatic rings. The highest BCUT2D eigenvalue weighted by Gasteiger charge is 2.48. The molecular formula is C32H34Cl3NO6. The number of nitrogens with one attached hydrogen (secondary N) is 1. The number of hydrogen-bond acceptors (Lipinski definition) is 7. The molecule has 10 heteroatoms. The van der Waals surface area contributed by atoms with E-state index in [1.165, 1.54) is 0 Å². The number of benzene rings is 3. The van der Waals surface area contributed by atoms with E-state index in [1.54, 1.807) is 19.3 Å². The van der Waals surface area contributed by atoms with Crippen LogP contribution in [-0.2, 0) is 48.2 Å². The Morgan fingerprint density at radius 1 is 0.738 bits per heavy atom. The predicted molar refractivity (Wildman–Crippen MR) is 164 cm³/mol. The lowest BCUT2D eigenvalue weighted by Gasteiger charge is -2.45. The van der Waals surface area contributed by atoms with E-state index in [2.05, 4.69) is 0 Å². The van der Waals surface area contributed by atoms with Crippen LogP contribution < -0.4 is 0 Å². The van der Waals surface area contributed by atoms with Crippen molar-refractivity contribution in [2.24, 2.45) is 0 Å². The lowest BCUT2D eigenvalue weighted by atomic mass is 9.97. The Balaban J connectivity index is 1.59. The first-order valence-electron chi connectivity index (χ1n) is 13.4. The summed E-state index contributed by atoms with van der Waals surface area (Å²) in [5, 5.41) is 7.77. The summed E-state index contributed by atoms with van der Waals surface area (Å²) in [6.45, 7) is 0.970. The van der Waals surface area contributed by atoms with Gasteiger partial charge in [-0.15, -0.1) is 0 Å². The molecular weight excluding hydrogens is 601 g/mol. The number of halogens is 3. The fraction of sp³-hybridized carbons (Fsp3) is 0.344. The first kappa shape index (κ1) is 32.5. The van der Waals surface area contributed by atoms with Crippen molar-refractivity contribution in [1.82, 2.24) is 0 Å². The number of methoxy groups -OCH3 is 1. The van der Waals surface area contributed by atoms with E-state index in [1.807, 2.05) is 91.0 Å². The van der Waals surface area contributed by atoms with Crippen LogP contribution >= 0.6 is 34.8 Å². The summed E-state index contributed by atoms with van der Waals surface area (Å²) in [7, 11) is 1.56. The van der Waals surface area contributed by atoms with Crippen LogP contribution in [0, 0.1) is 5.41 Å². The second-order valence-corrected chi connectivity index (χ2v) is 11.8. The summed E-state index contributed by atoms with van der Waals surface area (Å²) >= 11 is 17.2. The average molecular weight is 635 g/mol. The maximum absolute atomic E-state index is 7.77. The fourth-order valence-corrected chi connectivity index (χ4v) is 4.60. The summed E-state index contributed by atoms with van der Waals surface area (Å²) in [6.07, 6.45) is 0.303. The van der Waals surface area contributed by atoms with Gasteiger partial charge in [0.2, 0.25) is 5.90 Å². The van der Waals surface area contributed by atoms with Gasteiger partial charge in [0.1, 0.15) is 31.0 Å². The number of alkyl halides is 3. The van der Waals surface area contributed by atoms with Gasteiger partial charge < -0.3 is 28.4 Å². The molecule has 7 nitrogen and oxygen atoms in total. The van der Waals surface area contributed by atoms with Crippen LogP contribution in [0.2, 0.25) is 0 Å². The Bertz CT molecular complexity index is 1240. The second-order valence-electron chi connectivity index (χ2n) is 9.55. The van der Waals surface area contributed by atoms with Crippen molar-refractivity contribution in [2.45, 2.75) is 54.3 Å². The summed E-state index contributed by atoms with van der Waals surface area (Å²) in [5.74, 6) is -0.480. The minimum absolute atomic E-state index is 0.0147. The van der Waals surface area contributed by atoms with Crippen molar-refractivity contribution in [2.75, 3.05) is 13.7 Å². The van der Waals surface area contributed by atoms with Crippen LogP contribution in [0.3, 0.4) is 0 Å². The highest BCUT2D eigenvalue weighted by Crippen LogP contribution is 2.32. The van der Waals surface area contributed by atoms with Crippen molar-refractivity contribution in [3.8, 4) is 0 Å². The zero-order valence-corrected chi connectivity index (χ0v) is 25.4. The molecule has 1 fully saturated rings. The number of ether oxygens (including phenoxy) is 6. The molecule has 4 rings (SSSR count). The Morgan fingerprint density at radius 3 is 1.64 bits per heavy atom. The maximum Gasteiger partial charge on any atom is 0.265 e. The number of hydrogen-bond donors (Lipinski definition) is 1. The summed E-state index contributed by atoms with van der Waals surface area (Å²) in [5.41, 5.74) is 3.01. The molecule has 42 heavy (non-hydrogen) atoms. The molecule has 3 aromatic rings. The van der Waals surface area contributed by atoms with Gasteiger partial charge in [-0.05, 0) is 22.8 Å². The van der Waals surface area contributed by atoms with E-state index in [9.17, 15) is 0 Å². The Hall–Kier alpha value is -2.46. The van der Waals surface area contributed by atoms with E-state index in [-0.39, 0.29) is 6.61 Å². The topological polar surface area (TPSA) is 79.2 Å². The van der Waals surface area contributed by atoms with Crippen LogP contribution in [0.25, 0.3) is 0 Å². The third-order valence-corrected chi connectivity index (χ3v) is 7.04. The molecule has 0 saturated carbocycles. The van der Waals surface area contributed by atoms with Crippen molar-refractivity contribution >= 4 is 40.7 Å². The fourth-order valence-electron chi connectivity index (χ4n) is 4.44. The third-order valence-electron chi connectivity index (χ3n) is 6.53. The van der Waals surface area contributed by atoms with Gasteiger partial charge >= 0.3 is 0 Å². The van der Waals surface area contributed by atoms with Gasteiger partial charge in [0.25, 0.3) is 3.79 Å². The lowest BCUT2D eigenvalue weighted by molar-refractivity contribution is -0.309. The molecule has 0 bridgehead atoms. The highest BCUT2D eigenvalue weighted by molar-refractivity contribution is 6.76. The quantitative estimate of drug-likeness (QED) is 0.0941. The van der Waals surface area contributed by atoms with E-state index in [0.29, 0.717) is 19.8 Å². The molecule has 1 N–H and O–H groups in total. The highest BCUT2D eigenvalue weighted by atomic mass is 35.6. The Labute approximate surface area is 261 Å². The van der Waals surface area contributed by atoms with Crippen molar-refractivity contribution in [3.05, 3.63) is 120 Å². The molecule has 0 aliphatic carbocycles. The van der Waals surface area contributed by atoms with Crippen LogP contribution in [0.1, 0.15) is 16.7 Å². The predicted octanol–water partition coefficient (Wildman–Crippen LogP) is 7.03. The molecule has 0 aromatic heterocycles. The van der Waals surface area contributed by atoms with Gasteiger partial charge in [-0.2, -0.15) is 0 Å². The summed E-state index contributed by atoms with van der Waals surface area (Å²) < 4.78 is 35.0. The largest absolute Gasteiger partial charge is 0.474 e. The van der Waals surface area contributed by atoms with Crippen LogP contribution in [0.15, 0.2) is 103 Å². The van der Waals surface area contributed by atoms with Gasteiger partial charge in [-0.3, -0.25) is 5.41 Å². The second kappa shape index (κ2) is 16.4. The van der Waals surface area contributed by atoms with Crippen LogP contribution in [0.5, 0.6) is 0 Å². The minimum Gasteiger partial charge on any atom is -0.474 e. The zero-order valence-electron chi connectivity index (χ0n) is 23.1. The molecule has 0 radical (unpaired) electrons. The van der Waals surface area contributed by atoms with Gasteiger partial charge in [-0.25, -0.2) is 0 Å². The van der Waals surface area contributed by atoms with Gasteiger partial charge in [0.05, 0.1) is 19.8 Å². The zero-order chi connectivity index (χ0) is 29.8. The normalized spacial score (nSPS) is 22.7. The molecule has 5 atom stereocenters. The monoisotopic (exact) mass is 633 g/mol. The Morgan fingerprint density at radius 2 is 1.19 bits per heavy atom. The van der Waals surface area contributed by atoms with Crippen LogP contribution in [0.4, 0.5) is 0 Å². The third kappa shape index (κ3) is 9.79. The van der Waals surface area contributed by atoms with Crippen LogP contribution in [-0.4, -0.2) is 54.1 Å². The molecule has 1 aliphatic heterocycles. The Kier molecular flexibility index (Phi) is 12.7. The molecule has 1 saturated heterocycles. The number of rotatable bonds is 13. The first-order chi connectivity index (χ1) is 20.3. The minimum atomic E-state index is -1.95. The standard InChI is InChI=1S/C32H34Cl3NO6/c1-37-30-29(41-22-25-16-9-4-10-17-25)28(40-21-24-14-7-3-8-15-24)27(39-20-23-12-5-2-6-13-23)26(42-30)18-11-19-38-31(36)32(33,34)35/h2-18,26-30,36H,19-22H2,1H3/b18-11+,36-31?/t26-,27-,28+,29-,30+/m1/s1. The SMILES string of the molecule is CO[C@H]1O[C@H](/C=C/COC(=N)C(Cl)(Cl)Cl)[C@@H](OCc2ccccc2)[C@H](OCc2ccccc2)[C@H]1OCc1ccccc1. The van der Waals surface area contributed by atoms with Gasteiger partial charge in [0, 0.05) is 7.11 Å². The van der Waals surface area contributed by atoms with Crippen molar-refractivity contribution in [3.63, 3.8) is 0 Å². The molecule has 224 valence electrons. The van der Waals surface area contributed by atoms with Crippen molar-refractivity contribution in [1.29, 1.82) is 5.41 Å². The smallest absolute Gasteiger partial charge is 0.265 e. The summed E-state index contributed by atoms with van der Waals surface area (Å²) in [6, 6.07) is 29.6. The van der Waals surface area contributed by atoms with E-state index in [4.69, 9.17) is 68.6 Å². The first-order valence-corrected chi connectivity index (χ1v) is 14.6. The van der Waals surface area contributed by atoms with E-state index < -0.39 is 40.4 Å². The van der Waals surface area contributed by atoms with E-state index >= 15 is 0 Å². The van der Waals surface area contributed by atoms with Gasteiger partial charge in [-0.1, -0.05) is 132 Å². The molecule has 3 aromatic carbocycles. The van der Waals surface area contributed by atoms with Gasteiger partial charge in [0.15, 0.2) is 6.29 Å². The van der Waals surface area contributed by atoms with E-state index in [0.717, 1.165) is 16.7 Å².